The van der Waals surface area contributed by atoms with Gasteiger partial charge >= 0.3 is 0 Å². The zero-order valence-corrected chi connectivity index (χ0v) is 19.5. The molecule has 1 heterocycles. The molecule has 170 valence electrons. The number of rotatable bonds is 10. The molecule has 0 aliphatic carbocycles. The van der Waals surface area contributed by atoms with Gasteiger partial charge in [0.05, 0.1) is 36.5 Å². The van der Waals surface area contributed by atoms with Crippen molar-refractivity contribution in [1.29, 1.82) is 0 Å². The van der Waals surface area contributed by atoms with Crippen molar-refractivity contribution in [1.82, 2.24) is 14.9 Å². The monoisotopic (exact) mass is 461 g/mol. The number of carbonyl (C=O) groups excluding carboxylic acids is 1. The number of hydrogen-bond acceptors (Lipinski definition) is 5. The number of carbonyl (C=O) groups is 1. The molecule has 6 nitrogen and oxygen atoms in total. The van der Waals surface area contributed by atoms with Crippen LogP contribution in [0, 0.1) is 0 Å². The Morgan fingerprint density at radius 2 is 1.67 bits per heavy atom. The van der Waals surface area contributed by atoms with Gasteiger partial charge in [0.25, 0.3) is 0 Å². The molecule has 1 amide bonds. The van der Waals surface area contributed by atoms with Crippen molar-refractivity contribution >= 4 is 28.7 Å². The minimum Gasteiger partial charge on any atom is -0.497 e. The third kappa shape index (κ3) is 5.56. The maximum atomic E-state index is 13.0. The Labute approximate surface area is 197 Å². The number of amides is 1. The first-order valence-electron chi connectivity index (χ1n) is 10.7. The Morgan fingerprint density at radius 1 is 0.970 bits per heavy atom. The molecule has 1 N–H and O–H groups in total. The number of imidazole rings is 1. The number of thioether (sulfide) groups is 1. The molecule has 0 aliphatic rings. The summed E-state index contributed by atoms with van der Waals surface area (Å²) in [5.74, 6) is 0.980. The van der Waals surface area contributed by atoms with E-state index in [0.29, 0.717) is 13.2 Å². The van der Waals surface area contributed by atoms with Crippen molar-refractivity contribution in [3.63, 3.8) is 0 Å². The molecule has 0 spiro atoms. The van der Waals surface area contributed by atoms with E-state index in [1.54, 1.807) is 14.2 Å². The molecule has 0 bridgehead atoms. The number of ether oxygens (including phenoxy) is 2. The van der Waals surface area contributed by atoms with Gasteiger partial charge < -0.3 is 19.4 Å². The highest BCUT2D eigenvalue weighted by Crippen LogP contribution is 2.26. The first-order valence-corrected chi connectivity index (χ1v) is 11.7. The van der Waals surface area contributed by atoms with Crippen LogP contribution in [0.25, 0.3) is 11.0 Å². The topological polar surface area (TPSA) is 65.4 Å². The lowest BCUT2D eigenvalue weighted by molar-refractivity contribution is -0.119. The second-order valence-corrected chi connectivity index (χ2v) is 8.44. The Hall–Kier alpha value is -3.29. The van der Waals surface area contributed by atoms with E-state index in [2.05, 4.69) is 9.88 Å². The van der Waals surface area contributed by atoms with E-state index < -0.39 is 0 Å². The van der Waals surface area contributed by atoms with Gasteiger partial charge in [-0.05, 0) is 35.4 Å². The average molecular weight is 462 g/mol. The van der Waals surface area contributed by atoms with Crippen LogP contribution >= 0.6 is 11.8 Å². The summed E-state index contributed by atoms with van der Waals surface area (Å²) in [6.07, 6.45) is 0. The highest BCUT2D eigenvalue weighted by molar-refractivity contribution is 7.99. The number of nitrogens with one attached hydrogen (secondary N) is 1. The van der Waals surface area contributed by atoms with Crippen LogP contribution in [0.5, 0.6) is 5.75 Å². The third-order valence-electron chi connectivity index (χ3n) is 5.36. The Bertz CT molecular complexity index is 1190. The largest absolute Gasteiger partial charge is 0.497 e. The Kier molecular flexibility index (Phi) is 7.65. The van der Waals surface area contributed by atoms with Crippen molar-refractivity contribution in [3.8, 4) is 5.75 Å². The van der Waals surface area contributed by atoms with Crippen LogP contribution in [0.15, 0.2) is 84.0 Å². The number of aromatic nitrogens is 2. The van der Waals surface area contributed by atoms with E-state index in [-0.39, 0.29) is 17.7 Å². The smallest absolute Gasteiger partial charge is 0.231 e. The minimum absolute atomic E-state index is 0.0602. The van der Waals surface area contributed by atoms with Crippen LogP contribution in [0.4, 0.5) is 0 Å². The fourth-order valence-corrected chi connectivity index (χ4v) is 4.55. The van der Waals surface area contributed by atoms with Crippen LogP contribution < -0.4 is 10.1 Å². The van der Waals surface area contributed by atoms with Crippen LogP contribution in [0.1, 0.15) is 17.2 Å². The van der Waals surface area contributed by atoms with Crippen molar-refractivity contribution in [3.05, 3.63) is 90.0 Å². The molecule has 3 aromatic carbocycles. The average Bonchev–Trinajstić information content (AvgIpc) is 3.22. The molecule has 1 unspecified atom stereocenters. The molecule has 0 saturated heterocycles. The van der Waals surface area contributed by atoms with Crippen LogP contribution in [0.3, 0.4) is 0 Å². The highest BCUT2D eigenvalue weighted by atomic mass is 32.2. The van der Waals surface area contributed by atoms with Gasteiger partial charge in [-0.15, -0.1) is 0 Å². The number of hydrogen-bond donors (Lipinski definition) is 1. The van der Waals surface area contributed by atoms with Gasteiger partial charge in [0.15, 0.2) is 5.16 Å². The molecular formula is C26H27N3O3S. The van der Waals surface area contributed by atoms with E-state index in [0.717, 1.165) is 33.1 Å². The normalized spacial score (nSPS) is 11.9. The third-order valence-corrected chi connectivity index (χ3v) is 6.33. The second-order valence-electron chi connectivity index (χ2n) is 7.50. The molecule has 0 aliphatic heterocycles. The molecule has 1 aromatic heterocycles. The van der Waals surface area contributed by atoms with Gasteiger partial charge in [-0.3, -0.25) is 4.79 Å². The summed E-state index contributed by atoms with van der Waals surface area (Å²) in [5.41, 5.74) is 3.97. The van der Waals surface area contributed by atoms with E-state index >= 15 is 0 Å². The molecular weight excluding hydrogens is 434 g/mol. The number of fused-ring (bicyclic) bond motifs is 1. The van der Waals surface area contributed by atoms with Crippen LogP contribution in [-0.4, -0.2) is 42.0 Å². The predicted molar refractivity (Wildman–Crippen MR) is 132 cm³/mol. The van der Waals surface area contributed by atoms with Crippen molar-refractivity contribution < 1.29 is 14.3 Å². The van der Waals surface area contributed by atoms with Crippen molar-refractivity contribution in [2.75, 3.05) is 26.6 Å². The van der Waals surface area contributed by atoms with Gasteiger partial charge in [0, 0.05) is 13.7 Å². The SMILES string of the molecule is COCCn1c(SCC(=O)NC(c2ccccc2)c2ccc(OC)cc2)nc2ccccc21. The fraction of sp³-hybridized carbons (Fsp3) is 0.231. The van der Waals surface area contributed by atoms with Gasteiger partial charge in [-0.2, -0.15) is 0 Å². The lowest BCUT2D eigenvalue weighted by atomic mass is 9.98. The molecule has 7 heteroatoms. The summed E-state index contributed by atoms with van der Waals surface area (Å²) in [6, 6.07) is 25.5. The molecule has 4 rings (SSSR count). The zero-order chi connectivity index (χ0) is 23.0. The zero-order valence-electron chi connectivity index (χ0n) is 18.7. The molecule has 0 fully saturated rings. The van der Waals surface area contributed by atoms with E-state index in [9.17, 15) is 4.79 Å². The summed E-state index contributed by atoms with van der Waals surface area (Å²) in [7, 11) is 3.32. The van der Waals surface area contributed by atoms with Gasteiger partial charge in [-0.1, -0.05) is 66.4 Å². The molecule has 1 atom stereocenters. The van der Waals surface area contributed by atoms with E-state index in [4.69, 9.17) is 14.5 Å². The number of para-hydroxylation sites is 2. The van der Waals surface area contributed by atoms with Crippen molar-refractivity contribution in [2.45, 2.75) is 17.7 Å². The summed E-state index contributed by atoms with van der Waals surface area (Å²) in [6.45, 7) is 1.26. The first kappa shape index (κ1) is 22.9. The lowest BCUT2D eigenvalue weighted by Crippen LogP contribution is -2.30. The van der Waals surface area contributed by atoms with E-state index in [1.807, 2.05) is 78.9 Å². The summed E-state index contributed by atoms with van der Waals surface area (Å²) in [4.78, 5) is 17.7. The van der Waals surface area contributed by atoms with Gasteiger partial charge in [-0.25, -0.2) is 4.98 Å². The number of benzene rings is 3. The Morgan fingerprint density at radius 3 is 2.39 bits per heavy atom. The molecule has 4 aromatic rings. The maximum absolute atomic E-state index is 13.0. The van der Waals surface area contributed by atoms with E-state index in [1.165, 1.54) is 11.8 Å². The molecule has 0 radical (unpaired) electrons. The Balaban J connectivity index is 1.51. The molecule has 0 saturated carbocycles. The summed E-state index contributed by atoms with van der Waals surface area (Å²) in [5, 5.41) is 4.00. The standard InChI is InChI=1S/C26H27N3O3S/c1-31-17-16-29-23-11-7-6-10-22(23)27-26(29)33-18-24(30)28-25(19-8-4-3-5-9-19)20-12-14-21(32-2)15-13-20/h3-15,25H,16-18H2,1-2H3,(H,28,30). The predicted octanol–water partition coefficient (Wildman–Crippen LogP) is 4.69. The lowest BCUT2D eigenvalue weighted by Gasteiger charge is -2.20. The number of nitrogens with zero attached hydrogens (tertiary/aromatic N) is 2. The molecule has 33 heavy (non-hydrogen) atoms. The first-order chi connectivity index (χ1) is 16.2. The fourth-order valence-electron chi connectivity index (χ4n) is 3.70. The van der Waals surface area contributed by atoms with Gasteiger partial charge in [0.2, 0.25) is 5.91 Å². The summed E-state index contributed by atoms with van der Waals surface area (Å²) < 4.78 is 12.7. The second kappa shape index (κ2) is 11.0. The summed E-state index contributed by atoms with van der Waals surface area (Å²) >= 11 is 1.43. The van der Waals surface area contributed by atoms with Crippen molar-refractivity contribution in [2.24, 2.45) is 0 Å². The number of methoxy groups -OCH3 is 2. The quantitative estimate of drug-likeness (QED) is 0.347. The van der Waals surface area contributed by atoms with Gasteiger partial charge in [0.1, 0.15) is 5.75 Å². The maximum Gasteiger partial charge on any atom is 0.231 e. The minimum atomic E-state index is -0.252. The van der Waals surface area contributed by atoms with Crippen LogP contribution in [0.2, 0.25) is 0 Å². The van der Waals surface area contributed by atoms with Crippen LogP contribution in [-0.2, 0) is 16.1 Å². The highest BCUT2D eigenvalue weighted by Gasteiger charge is 2.18.